The number of hydrogen-bond acceptors (Lipinski definition) is 3. The number of carbonyl (C=O) groups excluding carboxylic acids is 1. The molecule has 0 unspecified atom stereocenters. The molecule has 1 fully saturated rings. The Balaban J connectivity index is 2.18. The molecule has 4 nitrogen and oxygen atoms in total. The van der Waals surface area contributed by atoms with Crippen LogP contribution in [0.2, 0.25) is 0 Å². The van der Waals surface area contributed by atoms with Crippen LogP contribution in [0, 0.1) is 0 Å². The normalized spacial score (nSPS) is 19.1. The summed E-state index contributed by atoms with van der Waals surface area (Å²) in [5, 5.41) is 0. The van der Waals surface area contributed by atoms with E-state index in [1.807, 2.05) is 16.7 Å². The van der Waals surface area contributed by atoms with Crippen LogP contribution in [0.25, 0.3) is 0 Å². The van der Waals surface area contributed by atoms with Crippen molar-refractivity contribution >= 4 is 17.7 Å². The van der Waals surface area contributed by atoms with Gasteiger partial charge in [0, 0.05) is 41.4 Å². The van der Waals surface area contributed by atoms with Crippen molar-refractivity contribution in [3.8, 4) is 0 Å². The number of thioether (sulfide) groups is 1. The van der Waals surface area contributed by atoms with E-state index < -0.39 is 0 Å². The quantitative estimate of drug-likeness (QED) is 0.820. The van der Waals surface area contributed by atoms with Crippen LogP contribution < -0.4 is 5.56 Å². The minimum absolute atomic E-state index is 0.0514. The van der Waals surface area contributed by atoms with Crippen molar-refractivity contribution in [2.45, 2.75) is 18.6 Å². The van der Waals surface area contributed by atoms with Gasteiger partial charge in [-0.25, -0.2) is 0 Å². The minimum atomic E-state index is -0.235. The van der Waals surface area contributed by atoms with E-state index in [4.69, 9.17) is 0 Å². The van der Waals surface area contributed by atoms with E-state index in [-0.39, 0.29) is 16.2 Å². The van der Waals surface area contributed by atoms with Crippen LogP contribution in [-0.2, 0) is 0 Å². The largest absolute Gasteiger partial charge is 0.336 e. The van der Waals surface area contributed by atoms with Gasteiger partial charge in [0.05, 0.1) is 0 Å². The topological polar surface area (TPSA) is 53.2 Å². The van der Waals surface area contributed by atoms with Crippen LogP contribution in [0.15, 0.2) is 23.1 Å². The number of amides is 1. The molecule has 0 bridgehead atoms. The minimum Gasteiger partial charge on any atom is -0.336 e. The van der Waals surface area contributed by atoms with Crippen molar-refractivity contribution in [3.63, 3.8) is 0 Å². The number of aromatic amines is 1. The molecule has 2 heterocycles. The zero-order valence-electron chi connectivity index (χ0n) is 10.0. The summed E-state index contributed by atoms with van der Waals surface area (Å²) < 4.78 is 0.0924. The third kappa shape index (κ3) is 2.91. The highest BCUT2D eigenvalue weighted by molar-refractivity contribution is 8.00. The number of nitrogens with one attached hydrogen (secondary N) is 1. The third-order valence-electron chi connectivity index (χ3n) is 2.73. The maximum Gasteiger partial charge on any atom is 0.254 e. The average Bonchev–Trinajstić information content (AvgIpc) is 2.26. The van der Waals surface area contributed by atoms with Gasteiger partial charge in [-0.05, 0) is 19.9 Å². The molecule has 1 N–H and O–H groups in total. The Morgan fingerprint density at radius 2 is 2.29 bits per heavy atom. The molecule has 1 aromatic heterocycles. The van der Waals surface area contributed by atoms with Crippen molar-refractivity contribution < 1.29 is 4.79 Å². The Morgan fingerprint density at radius 3 is 2.94 bits per heavy atom. The molecule has 1 aliphatic heterocycles. The number of rotatable bonds is 1. The Hall–Kier alpha value is -1.23. The summed E-state index contributed by atoms with van der Waals surface area (Å²) in [4.78, 5) is 27.7. The number of hydrogen-bond donors (Lipinski definition) is 1. The molecule has 0 aliphatic carbocycles. The van der Waals surface area contributed by atoms with Gasteiger partial charge in [0.15, 0.2) is 0 Å². The van der Waals surface area contributed by atoms with Gasteiger partial charge in [0.1, 0.15) is 0 Å². The lowest BCUT2D eigenvalue weighted by Gasteiger charge is -2.37. The molecular formula is C12H16N2O2S. The SMILES string of the molecule is CC1(C)CN(C(=O)c2cc[nH]c(=O)c2)CCS1. The van der Waals surface area contributed by atoms with E-state index >= 15 is 0 Å². The molecule has 0 saturated carbocycles. The van der Waals surface area contributed by atoms with Crippen LogP contribution in [0.3, 0.4) is 0 Å². The first kappa shape index (κ1) is 12.2. The number of aromatic nitrogens is 1. The van der Waals surface area contributed by atoms with Gasteiger partial charge in [0.25, 0.3) is 5.91 Å². The molecule has 1 aromatic rings. The van der Waals surface area contributed by atoms with Gasteiger partial charge in [-0.2, -0.15) is 11.8 Å². The summed E-state index contributed by atoms with van der Waals surface area (Å²) in [7, 11) is 0. The Kier molecular flexibility index (Phi) is 3.28. The summed E-state index contributed by atoms with van der Waals surface area (Å²) in [5.74, 6) is 0.895. The summed E-state index contributed by atoms with van der Waals surface area (Å²) in [6.45, 7) is 5.74. The molecule has 1 amide bonds. The van der Waals surface area contributed by atoms with Gasteiger partial charge in [0.2, 0.25) is 5.56 Å². The number of pyridine rings is 1. The van der Waals surface area contributed by atoms with Gasteiger partial charge in [-0.15, -0.1) is 0 Å². The van der Waals surface area contributed by atoms with Crippen LogP contribution in [-0.4, -0.2) is 39.4 Å². The Labute approximate surface area is 104 Å². The second-order valence-corrected chi connectivity index (χ2v) is 6.58. The van der Waals surface area contributed by atoms with E-state index in [1.165, 1.54) is 12.3 Å². The van der Waals surface area contributed by atoms with Crippen LogP contribution in [0.1, 0.15) is 24.2 Å². The van der Waals surface area contributed by atoms with E-state index in [0.717, 1.165) is 18.8 Å². The first-order chi connectivity index (χ1) is 7.98. The zero-order chi connectivity index (χ0) is 12.5. The lowest BCUT2D eigenvalue weighted by molar-refractivity contribution is 0.0748. The fourth-order valence-electron chi connectivity index (χ4n) is 1.95. The van der Waals surface area contributed by atoms with E-state index in [1.54, 1.807) is 6.07 Å². The third-order valence-corrected chi connectivity index (χ3v) is 4.03. The molecular weight excluding hydrogens is 236 g/mol. The number of H-pyrrole nitrogens is 1. The van der Waals surface area contributed by atoms with Crippen LogP contribution in [0.5, 0.6) is 0 Å². The van der Waals surface area contributed by atoms with Crippen molar-refractivity contribution in [2.75, 3.05) is 18.8 Å². The highest BCUT2D eigenvalue weighted by Gasteiger charge is 2.30. The maximum absolute atomic E-state index is 12.2. The van der Waals surface area contributed by atoms with E-state index in [2.05, 4.69) is 18.8 Å². The van der Waals surface area contributed by atoms with Gasteiger partial charge in [-0.1, -0.05) is 0 Å². The van der Waals surface area contributed by atoms with Crippen molar-refractivity contribution in [1.82, 2.24) is 9.88 Å². The summed E-state index contributed by atoms with van der Waals surface area (Å²) in [6.07, 6.45) is 1.51. The summed E-state index contributed by atoms with van der Waals surface area (Å²) >= 11 is 1.88. The monoisotopic (exact) mass is 252 g/mol. The Bertz CT molecular complexity index is 481. The number of nitrogens with zero attached hydrogens (tertiary/aromatic N) is 1. The molecule has 2 rings (SSSR count). The van der Waals surface area contributed by atoms with Gasteiger partial charge < -0.3 is 9.88 Å². The van der Waals surface area contributed by atoms with Crippen molar-refractivity contribution in [2.24, 2.45) is 0 Å². The summed E-state index contributed by atoms with van der Waals surface area (Å²) in [5.41, 5.74) is 0.234. The maximum atomic E-state index is 12.2. The number of carbonyl (C=O) groups is 1. The first-order valence-electron chi connectivity index (χ1n) is 5.60. The van der Waals surface area contributed by atoms with Crippen LogP contribution >= 0.6 is 11.8 Å². The Morgan fingerprint density at radius 1 is 1.53 bits per heavy atom. The van der Waals surface area contributed by atoms with Gasteiger partial charge >= 0.3 is 0 Å². The highest BCUT2D eigenvalue weighted by atomic mass is 32.2. The molecule has 0 aromatic carbocycles. The molecule has 17 heavy (non-hydrogen) atoms. The van der Waals surface area contributed by atoms with Crippen LogP contribution in [0.4, 0.5) is 0 Å². The fourth-order valence-corrected chi connectivity index (χ4v) is 3.06. The standard InChI is InChI=1S/C12H16N2O2S/c1-12(2)8-14(5-6-17-12)11(16)9-3-4-13-10(15)7-9/h3-4,7H,5-6,8H2,1-2H3,(H,13,15). The predicted octanol–water partition coefficient (Wildman–Crippen LogP) is 1.34. The van der Waals surface area contributed by atoms with Crippen molar-refractivity contribution in [1.29, 1.82) is 0 Å². The smallest absolute Gasteiger partial charge is 0.254 e. The first-order valence-corrected chi connectivity index (χ1v) is 6.58. The molecule has 0 atom stereocenters. The fraction of sp³-hybridized carbons (Fsp3) is 0.500. The lowest BCUT2D eigenvalue weighted by Crippen LogP contribution is -2.46. The molecule has 5 heteroatoms. The second kappa shape index (κ2) is 4.56. The second-order valence-electron chi connectivity index (χ2n) is 4.78. The van der Waals surface area contributed by atoms with E-state index in [0.29, 0.717) is 5.56 Å². The molecule has 0 radical (unpaired) electrons. The highest BCUT2D eigenvalue weighted by Crippen LogP contribution is 2.29. The molecule has 0 spiro atoms. The predicted molar refractivity (Wildman–Crippen MR) is 69.5 cm³/mol. The molecule has 1 aliphatic rings. The summed E-state index contributed by atoms with van der Waals surface area (Å²) in [6, 6.07) is 3.01. The van der Waals surface area contributed by atoms with Crippen molar-refractivity contribution in [3.05, 3.63) is 34.2 Å². The lowest BCUT2D eigenvalue weighted by atomic mass is 10.1. The molecule has 1 saturated heterocycles. The van der Waals surface area contributed by atoms with E-state index in [9.17, 15) is 9.59 Å². The van der Waals surface area contributed by atoms with Gasteiger partial charge in [-0.3, -0.25) is 9.59 Å². The molecule has 92 valence electrons. The zero-order valence-corrected chi connectivity index (χ0v) is 10.8. The average molecular weight is 252 g/mol.